The zero-order valence-electron chi connectivity index (χ0n) is 12.5. The minimum Gasteiger partial charge on any atom is -0.333 e. The Bertz CT molecular complexity index is 1060. The number of nitrogens with zero attached hydrogens (tertiary/aromatic N) is 1. The lowest BCUT2D eigenvalue weighted by atomic mass is 10.2. The second-order valence-corrected chi connectivity index (χ2v) is 7.63. The summed E-state index contributed by atoms with van der Waals surface area (Å²) in [6, 6.07) is 12.9. The quantitative estimate of drug-likeness (QED) is 0.752. The molecule has 0 unspecified atom stereocenters. The third kappa shape index (κ3) is 3.00. The molecule has 1 N–H and O–H groups in total. The Balaban J connectivity index is 1.98. The van der Waals surface area contributed by atoms with E-state index in [0.29, 0.717) is 5.02 Å². The molecule has 8 heteroatoms. The summed E-state index contributed by atoms with van der Waals surface area (Å²) < 4.78 is 28.7. The van der Waals surface area contributed by atoms with E-state index >= 15 is 0 Å². The number of halogens is 2. The molecule has 0 spiro atoms. The molecule has 0 saturated heterocycles. The van der Waals surface area contributed by atoms with Gasteiger partial charge in [0.2, 0.25) is 0 Å². The number of sulfonamides is 1. The van der Waals surface area contributed by atoms with Crippen LogP contribution in [0, 0.1) is 0 Å². The van der Waals surface area contributed by atoms with Gasteiger partial charge in [0.1, 0.15) is 0 Å². The fourth-order valence-corrected chi connectivity index (χ4v) is 4.12. The van der Waals surface area contributed by atoms with E-state index in [0.717, 1.165) is 10.9 Å². The van der Waals surface area contributed by atoms with E-state index in [4.69, 9.17) is 23.2 Å². The van der Waals surface area contributed by atoms with Crippen molar-refractivity contribution in [1.29, 1.82) is 0 Å². The number of hydrogen-bond donors (Lipinski definition) is 1. The number of amides is 1. The van der Waals surface area contributed by atoms with Gasteiger partial charge in [0.05, 0.1) is 10.6 Å². The Labute approximate surface area is 148 Å². The van der Waals surface area contributed by atoms with Gasteiger partial charge >= 0.3 is 0 Å². The molecule has 0 fully saturated rings. The van der Waals surface area contributed by atoms with Gasteiger partial charge in [-0.05, 0) is 30.3 Å². The van der Waals surface area contributed by atoms with Crippen LogP contribution in [0.15, 0.2) is 53.6 Å². The second kappa shape index (κ2) is 6.12. The number of nitrogens with one attached hydrogen (secondary N) is 1. The minimum absolute atomic E-state index is 0.0119. The number of carbonyl (C=O) groups is 1. The molecule has 0 atom stereocenters. The average Bonchev–Trinajstić information content (AvgIpc) is 2.85. The molecule has 124 valence electrons. The lowest BCUT2D eigenvalue weighted by Crippen LogP contribution is -2.31. The number of aromatic nitrogens is 1. The Hall–Kier alpha value is -2.02. The van der Waals surface area contributed by atoms with Crippen LogP contribution in [0.2, 0.25) is 10.0 Å². The van der Waals surface area contributed by atoms with Crippen molar-refractivity contribution < 1.29 is 13.2 Å². The standard InChI is InChI=1S/C16H12Cl2N2O3S/c1-20-14-5-3-2-4-10(14)8-15(20)24(22,23)19-16(21)12-7-6-11(17)9-13(12)18/h2-9H,1H3,(H,19,21). The molecule has 1 aromatic heterocycles. The third-order valence-corrected chi connectivity index (χ3v) is 5.53. The molecule has 1 amide bonds. The van der Waals surface area contributed by atoms with E-state index < -0.39 is 15.9 Å². The van der Waals surface area contributed by atoms with Gasteiger partial charge in [-0.3, -0.25) is 4.79 Å². The largest absolute Gasteiger partial charge is 0.333 e. The smallest absolute Gasteiger partial charge is 0.280 e. The molecule has 0 aliphatic carbocycles. The van der Waals surface area contributed by atoms with Gasteiger partial charge in [-0.15, -0.1) is 0 Å². The van der Waals surface area contributed by atoms with Crippen molar-refractivity contribution >= 4 is 50.0 Å². The summed E-state index contributed by atoms with van der Waals surface area (Å²) in [4.78, 5) is 12.3. The molecule has 1 heterocycles. The highest BCUT2D eigenvalue weighted by Gasteiger charge is 2.24. The van der Waals surface area contributed by atoms with Gasteiger partial charge in [0.25, 0.3) is 15.9 Å². The van der Waals surface area contributed by atoms with Crippen LogP contribution < -0.4 is 4.72 Å². The van der Waals surface area contributed by atoms with Crippen LogP contribution in [-0.2, 0) is 17.1 Å². The van der Waals surface area contributed by atoms with Crippen molar-refractivity contribution in [2.45, 2.75) is 5.03 Å². The van der Waals surface area contributed by atoms with Crippen molar-refractivity contribution in [2.75, 3.05) is 0 Å². The van der Waals surface area contributed by atoms with Crippen LogP contribution in [0.5, 0.6) is 0 Å². The molecule has 0 aliphatic heterocycles. The molecule has 2 aromatic carbocycles. The Morgan fingerprint density at radius 1 is 1.08 bits per heavy atom. The fourth-order valence-electron chi connectivity index (χ4n) is 2.42. The molecule has 0 bridgehead atoms. The van der Waals surface area contributed by atoms with E-state index in [1.165, 1.54) is 28.8 Å². The summed E-state index contributed by atoms with van der Waals surface area (Å²) >= 11 is 11.7. The number of fused-ring (bicyclic) bond motifs is 1. The highest BCUT2D eigenvalue weighted by Crippen LogP contribution is 2.24. The zero-order valence-corrected chi connectivity index (χ0v) is 14.8. The summed E-state index contributed by atoms with van der Waals surface area (Å²) in [6.45, 7) is 0. The van der Waals surface area contributed by atoms with Gasteiger partial charge in [-0.1, -0.05) is 41.4 Å². The van der Waals surface area contributed by atoms with Crippen molar-refractivity contribution in [3.05, 3.63) is 64.1 Å². The van der Waals surface area contributed by atoms with Gasteiger partial charge < -0.3 is 4.57 Å². The average molecular weight is 383 g/mol. The monoisotopic (exact) mass is 382 g/mol. The number of aryl methyl sites for hydroxylation is 1. The zero-order chi connectivity index (χ0) is 17.5. The molecule has 0 saturated carbocycles. The normalized spacial score (nSPS) is 11.6. The highest BCUT2D eigenvalue weighted by atomic mass is 35.5. The molecule has 0 aliphatic rings. The van der Waals surface area contributed by atoms with Gasteiger partial charge in [0, 0.05) is 23.0 Å². The Morgan fingerprint density at radius 3 is 2.46 bits per heavy atom. The van der Waals surface area contributed by atoms with E-state index in [-0.39, 0.29) is 15.6 Å². The van der Waals surface area contributed by atoms with Crippen molar-refractivity contribution in [3.8, 4) is 0 Å². The first-order chi connectivity index (χ1) is 11.3. The van der Waals surface area contributed by atoms with Crippen LogP contribution in [0.4, 0.5) is 0 Å². The lowest BCUT2D eigenvalue weighted by Gasteiger charge is -2.09. The Morgan fingerprint density at radius 2 is 1.79 bits per heavy atom. The predicted octanol–water partition coefficient (Wildman–Crippen LogP) is 3.60. The van der Waals surface area contributed by atoms with Gasteiger partial charge in [0.15, 0.2) is 5.03 Å². The first kappa shape index (κ1) is 16.8. The number of carbonyl (C=O) groups excluding carboxylic acids is 1. The van der Waals surface area contributed by atoms with E-state index in [1.807, 2.05) is 16.9 Å². The van der Waals surface area contributed by atoms with E-state index in [1.54, 1.807) is 19.2 Å². The topological polar surface area (TPSA) is 68.2 Å². The summed E-state index contributed by atoms with van der Waals surface area (Å²) in [7, 11) is -2.43. The van der Waals surface area contributed by atoms with Gasteiger partial charge in [-0.2, -0.15) is 8.42 Å². The van der Waals surface area contributed by atoms with Crippen molar-refractivity contribution in [2.24, 2.45) is 7.05 Å². The van der Waals surface area contributed by atoms with E-state index in [2.05, 4.69) is 0 Å². The fraction of sp³-hybridized carbons (Fsp3) is 0.0625. The van der Waals surface area contributed by atoms with Crippen molar-refractivity contribution in [3.63, 3.8) is 0 Å². The van der Waals surface area contributed by atoms with Crippen LogP contribution in [-0.4, -0.2) is 18.9 Å². The summed E-state index contributed by atoms with van der Waals surface area (Å²) in [5.74, 6) is -0.818. The van der Waals surface area contributed by atoms with Gasteiger partial charge in [-0.25, -0.2) is 4.72 Å². The maximum Gasteiger partial charge on any atom is 0.280 e. The first-order valence-electron chi connectivity index (χ1n) is 6.86. The number of hydrogen-bond acceptors (Lipinski definition) is 3. The number of rotatable bonds is 3. The lowest BCUT2D eigenvalue weighted by molar-refractivity contribution is 0.0981. The maximum absolute atomic E-state index is 12.6. The summed E-state index contributed by atoms with van der Waals surface area (Å²) in [5.41, 5.74) is 0.776. The van der Waals surface area contributed by atoms with Crippen LogP contribution in [0.1, 0.15) is 10.4 Å². The molecule has 5 nitrogen and oxygen atoms in total. The maximum atomic E-state index is 12.6. The first-order valence-corrected chi connectivity index (χ1v) is 9.10. The third-order valence-electron chi connectivity index (χ3n) is 3.59. The molecule has 0 radical (unpaired) electrons. The van der Waals surface area contributed by atoms with E-state index in [9.17, 15) is 13.2 Å². The number of benzene rings is 2. The summed E-state index contributed by atoms with van der Waals surface area (Å²) in [5, 5.41) is 1.18. The molecule has 3 rings (SSSR count). The molecular formula is C16H12Cl2N2O3S. The van der Waals surface area contributed by atoms with Crippen molar-refractivity contribution in [1.82, 2.24) is 9.29 Å². The van der Waals surface area contributed by atoms with Crippen LogP contribution in [0.3, 0.4) is 0 Å². The SMILES string of the molecule is Cn1c(S(=O)(=O)NC(=O)c2ccc(Cl)cc2Cl)cc2ccccc21. The molecular weight excluding hydrogens is 371 g/mol. The Kier molecular flexibility index (Phi) is 4.29. The summed E-state index contributed by atoms with van der Waals surface area (Å²) in [6.07, 6.45) is 0. The number of para-hydroxylation sites is 1. The predicted molar refractivity (Wildman–Crippen MR) is 94.0 cm³/mol. The highest BCUT2D eigenvalue weighted by molar-refractivity contribution is 7.90. The second-order valence-electron chi connectivity index (χ2n) is 5.16. The molecule has 3 aromatic rings. The minimum atomic E-state index is -4.06. The van der Waals surface area contributed by atoms with Crippen LogP contribution >= 0.6 is 23.2 Å². The molecule has 24 heavy (non-hydrogen) atoms. The van der Waals surface area contributed by atoms with Crippen LogP contribution in [0.25, 0.3) is 10.9 Å².